The summed E-state index contributed by atoms with van der Waals surface area (Å²) < 4.78 is 7.07. The van der Waals surface area contributed by atoms with E-state index in [1.165, 1.54) is 10.4 Å². The summed E-state index contributed by atoms with van der Waals surface area (Å²) in [6, 6.07) is 8.06. The maximum absolute atomic E-state index is 13.6. The first kappa shape index (κ1) is 18.6. The number of thiophene rings is 1. The highest BCUT2D eigenvalue weighted by atomic mass is 32.2. The van der Waals surface area contributed by atoms with E-state index in [1.807, 2.05) is 45.0 Å². The number of nitrogens with zero attached hydrogens (tertiary/aromatic N) is 3. The highest BCUT2D eigenvalue weighted by Crippen LogP contribution is 2.36. The van der Waals surface area contributed by atoms with Gasteiger partial charge in [0.2, 0.25) is 0 Å². The molecule has 148 valence electrons. The van der Waals surface area contributed by atoms with E-state index in [-0.39, 0.29) is 5.56 Å². The highest BCUT2D eigenvalue weighted by molar-refractivity contribution is 7.98. The van der Waals surface area contributed by atoms with Crippen molar-refractivity contribution < 1.29 is 4.52 Å². The van der Waals surface area contributed by atoms with E-state index in [0.29, 0.717) is 10.9 Å². The highest BCUT2D eigenvalue weighted by Gasteiger charge is 2.24. The average molecular weight is 424 g/mol. The van der Waals surface area contributed by atoms with Crippen LogP contribution in [0.3, 0.4) is 0 Å². The van der Waals surface area contributed by atoms with E-state index >= 15 is 0 Å². The summed E-state index contributed by atoms with van der Waals surface area (Å²) in [4.78, 5) is 20.8. The van der Waals surface area contributed by atoms with Gasteiger partial charge in [-0.05, 0) is 57.7 Å². The molecule has 4 aromatic rings. The second-order valence-electron chi connectivity index (χ2n) is 7.50. The van der Waals surface area contributed by atoms with Crippen LogP contribution < -0.4 is 5.56 Å². The van der Waals surface area contributed by atoms with Crippen molar-refractivity contribution in [3.8, 4) is 5.69 Å². The molecule has 0 atom stereocenters. The van der Waals surface area contributed by atoms with Gasteiger partial charge in [-0.3, -0.25) is 9.36 Å². The summed E-state index contributed by atoms with van der Waals surface area (Å²) in [5.74, 6) is 1.48. The summed E-state index contributed by atoms with van der Waals surface area (Å²) in [6.07, 6.45) is 3.16. The Morgan fingerprint density at radius 1 is 1.17 bits per heavy atom. The van der Waals surface area contributed by atoms with Crippen LogP contribution in [0.5, 0.6) is 0 Å². The molecular formula is C22H21N3O2S2. The maximum Gasteiger partial charge on any atom is 0.267 e. The van der Waals surface area contributed by atoms with Crippen molar-refractivity contribution in [1.82, 2.24) is 14.7 Å². The Balaban J connectivity index is 1.68. The Labute approximate surface area is 176 Å². The van der Waals surface area contributed by atoms with Gasteiger partial charge >= 0.3 is 0 Å². The minimum atomic E-state index is 0.0412. The lowest BCUT2D eigenvalue weighted by molar-refractivity contribution is 0.392. The first-order valence-electron chi connectivity index (χ1n) is 9.72. The molecule has 0 amide bonds. The van der Waals surface area contributed by atoms with Crippen LogP contribution in [0, 0.1) is 20.8 Å². The van der Waals surface area contributed by atoms with E-state index in [9.17, 15) is 4.79 Å². The van der Waals surface area contributed by atoms with Gasteiger partial charge in [-0.15, -0.1) is 11.3 Å². The lowest BCUT2D eigenvalue weighted by atomic mass is 10.2. The number of thioether (sulfide) groups is 1. The topological polar surface area (TPSA) is 60.9 Å². The normalized spacial score (nSPS) is 13.3. The minimum Gasteiger partial charge on any atom is -0.361 e. The first-order valence-corrected chi connectivity index (χ1v) is 11.5. The van der Waals surface area contributed by atoms with Crippen molar-refractivity contribution in [3.05, 3.63) is 67.6 Å². The second kappa shape index (κ2) is 7.15. The van der Waals surface area contributed by atoms with Crippen molar-refractivity contribution in [2.75, 3.05) is 0 Å². The SMILES string of the molecule is Cc1ccc(-n2c(SCc3c(C)noc3C)nc3sc4c(c3c2=O)CCC4)cc1. The molecule has 3 aromatic heterocycles. The smallest absolute Gasteiger partial charge is 0.267 e. The van der Waals surface area contributed by atoms with Crippen molar-refractivity contribution in [2.24, 2.45) is 0 Å². The van der Waals surface area contributed by atoms with E-state index in [2.05, 4.69) is 5.16 Å². The van der Waals surface area contributed by atoms with Crippen molar-refractivity contribution >= 4 is 33.3 Å². The summed E-state index contributed by atoms with van der Waals surface area (Å²) in [5, 5.41) is 5.57. The third-order valence-corrected chi connectivity index (χ3v) is 7.68. The van der Waals surface area contributed by atoms with Crippen LogP contribution in [0.25, 0.3) is 15.9 Å². The van der Waals surface area contributed by atoms with Gasteiger partial charge in [0, 0.05) is 16.2 Å². The molecule has 0 unspecified atom stereocenters. The number of rotatable bonds is 4. The third-order valence-electron chi connectivity index (χ3n) is 5.53. The molecule has 0 saturated heterocycles. The molecular weight excluding hydrogens is 402 g/mol. The van der Waals surface area contributed by atoms with Crippen LogP contribution in [0.2, 0.25) is 0 Å². The molecule has 0 saturated carbocycles. The molecule has 5 nitrogen and oxygen atoms in total. The standard InChI is InChI=1S/C22H21N3O2S2/c1-12-7-9-15(10-8-12)25-21(26)19-16-5-4-6-18(16)29-20(19)23-22(25)28-11-17-13(2)24-27-14(17)3/h7-10H,4-6,11H2,1-3H3. The molecule has 1 aliphatic rings. The number of benzene rings is 1. The number of hydrogen-bond donors (Lipinski definition) is 0. The molecule has 0 spiro atoms. The zero-order valence-electron chi connectivity index (χ0n) is 16.6. The van der Waals surface area contributed by atoms with Crippen LogP contribution in [0.1, 0.15) is 39.4 Å². The fraction of sp³-hybridized carbons (Fsp3) is 0.318. The fourth-order valence-corrected chi connectivity index (χ4v) is 6.36. The molecule has 0 radical (unpaired) electrons. The largest absolute Gasteiger partial charge is 0.361 e. The molecule has 29 heavy (non-hydrogen) atoms. The summed E-state index contributed by atoms with van der Waals surface area (Å²) in [6.45, 7) is 5.91. The number of aryl methyl sites for hydroxylation is 5. The van der Waals surface area contributed by atoms with Crippen LogP contribution in [0.4, 0.5) is 0 Å². The zero-order valence-corrected chi connectivity index (χ0v) is 18.2. The van der Waals surface area contributed by atoms with Crippen molar-refractivity contribution in [2.45, 2.75) is 50.9 Å². The molecule has 5 rings (SSSR count). The maximum atomic E-state index is 13.6. The Hall–Kier alpha value is -2.38. The summed E-state index contributed by atoms with van der Waals surface area (Å²) in [7, 11) is 0. The number of fused-ring (bicyclic) bond motifs is 3. The number of aromatic nitrogens is 3. The predicted octanol–water partition coefficient (Wildman–Crippen LogP) is 5.14. The Morgan fingerprint density at radius 2 is 1.97 bits per heavy atom. The Morgan fingerprint density at radius 3 is 2.69 bits per heavy atom. The molecule has 7 heteroatoms. The Bertz CT molecular complexity index is 1260. The quantitative estimate of drug-likeness (QED) is 0.336. The first-order chi connectivity index (χ1) is 14.0. The Kier molecular flexibility index (Phi) is 4.59. The number of hydrogen-bond acceptors (Lipinski definition) is 6. The van der Waals surface area contributed by atoms with Gasteiger partial charge in [0.1, 0.15) is 10.6 Å². The minimum absolute atomic E-state index is 0.0412. The van der Waals surface area contributed by atoms with Gasteiger partial charge in [0.15, 0.2) is 5.16 Å². The molecule has 3 heterocycles. The second-order valence-corrected chi connectivity index (χ2v) is 9.53. The lowest BCUT2D eigenvalue weighted by Crippen LogP contribution is -2.21. The lowest BCUT2D eigenvalue weighted by Gasteiger charge is -2.13. The van der Waals surface area contributed by atoms with Gasteiger partial charge in [-0.2, -0.15) is 0 Å². The molecule has 0 fully saturated rings. The van der Waals surface area contributed by atoms with E-state index in [1.54, 1.807) is 27.7 Å². The molecule has 0 bridgehead atoms. The van der Waals surface area contributed by atoms with Gasteiger partial charge in [-0.25, -0.2) is 4.98 Å². The third kappa shape index (κ3) is 3.13. The van der Waals surface area contributed by atoms with Gasteiger partial charge in [-0.1, -0.05) is 34.6 Å². The molecule has 0 N–H and O–H groups in total. The molecule has 0 aliphatic heterocycles. The van der Waals surface area contributed by atoms with E-state index in [4.69, 9.17) is 9.51 Å². The molecule has 1 aliphatic carbocycles. The fourth-order valence-electron chi connectivity index (χ4n) is 3.89. The van der Waals surface area contributed by atoms with Crippen LogP contribution in [0.15, 0.2) is 38.7 Å². The van der Waals surface area contributed by atoms with Gasteiger partial charge in [0.25, 0.3) is 5.56 Å². The van der Waals surface area contributed by atoms with Gasteiger partial charge in [0.05, 0.1) is 16.8 Å². The van der Waals surface area contributed by atoms with E-state index < -0.39 is 0 Å². The monoisotopic (exact) mass is 423 g/mol. The van der Waals surface area contributed by atoms with Crippen LogP contribution in [-0.2, 0) is 18.6 Å². The van der Waals surface area contributed by atoms with Crippen molar-refractivity contribution in [1.29, 1.82) is 0 Å². The van der Waals surface area contributed by atoms with Crippen molar-refractivity contribution in [3.63, 3.8) is 0 Å². The summed E-state index contributed by atoms with van der Waals surface area (Å²) in [5.41, 5.74) is 5.22. The molecule has 1 aromatic carbocycles. The van der Waals surface area contributed by atoms with E-state index in [0.717, 1.165) is 57.7 Å². The van der Waals surface area contributed by atoms with Crippen LogP contribution in [-0.4, -0.2) is 14.7 Å². The predicted molar refractivity (Wildman–Crippen MR) is 118 cm³/mol. The van der Waals surface area contributed by atoms with Gasteiger partial charge < -0.3 is 4.52 Å². The zero-order chi connectivity index (χ0) is 20.1. The van der Waals surface area contributed by atoms with Crippen LogP contribution >= 0.6 is 23.1 Å². The summed E-state index contributed by atoms with van der Waals surface area (Å²) >= 11 is 3.24. The average Bonchev–Trinajstić information content (AvgIpc) is 3.36.